The van der Waals surface area contributed by atoms with E-state index in [4.69, 9.17) is 0 Å². The summed E-state index contributed by atoms with van der Waals surface area (Å²) in [5.41, 5.74) is 1.33. The number of hydrogen-bond donors (Lipinski definition) is 0. The van der Waals surface area contributed by atoms with Gasteiger partial charge in [-0.25, -0.2) is 0 Å². The zero-order valence-corrected chi connectivity index (χ0v) is 6.97. The lowest BCUT2D eigenvalue weighted by Gasteiger charge is -2.07. The minimum absolute atomic E-state index is 0.136. The summed E-state index contributed by atoms with van der Waals surface area (Å²) in [7, 11) is 0. The third-order valence-corrected chi connectivity index (χ3v) is 1.86. The Morgan fingerprint density at radius 3 is 2.91 bits per heavy atom. The second-order valence-electron chi connectivity index (χ2n) is 2.97. The number of carbonyl (C=O) groups is 1. The second-order valence-corrected chi connectivity index (χ2v) is 2.97. The van der Waals surface area contributed by atoms with Gasteiger partial charge in [0.1, 0.15) is 0 Å². The first-order valence-corrected chi connectivity index (χ1v) is 4.17. The van der Waals surface area contributed by atoms with E-state index in [1.165, 1.54) is 24.8 Å². The molecule has 0 aromatic rings. The van der Waals surface area contributed by atoms with Crippen molar-refractivity contribution in [3.63, 3.8) is 0 Å². The maximum atomic E-state index is 10.6. The van der Waals surface area contributed by atoms with Crippen molar-refractivity contribution in [1.82, 2.24) is 0 Å². The summed E-state index contributed by atoms with van der Waals surface area (Å²) >= 11 is 0. The molecule has 0 aromatic carbocycles. The summed E-state index contributed by atoms with van der Waals surface area (Å²) in [6, 6.07) is 0. The fourth-order valence-electron chi connectivity index (χ4n) is 1.24. The molecule has 1 heteroatoms. The van der Waals surface area contributed by atoms with Crippen molar-refractivity contribution in [3.05, 3.63) is 23.8 Å². The molecule has 11 heavy (non-hydrogen) atoms. The van der Waals surface area contributed by atoms with Gasteiger partial charge in [-0.05, 0) is 38.7 Å². The fraction of sp³-hybridized carbons (Fsp3) is 0.500. The van der Waals surface area contributed by atoms with Crippen LogP contribution in [0.3, 0.4) is 0 Å². The third-order valence-electron chi connectivity index (χ3n) is 1.86. The van der Waals surface area contributed by atoms with E-state index >= 15 is 0 Å². The van der Waals surface area contributed by atoms with Crippen LogP contribution in [0.4, 0.5) is 0 Å². The van der Waals surface area contributed by atoms with Crippen molar-refractivity contribution in [1.29, 1.82) is 0 Å². The highest BCUT2D eigenvalue weighted by molar-refractivity contribution is 5.87. The van der Waals surface area contributed by atoms with E-state index in [1.54, 1.807) is 13.0 Å². The molecule has 0 atom stereocenters. The number of carbonyl (C=O) groups excluding carboxylic acids is 1. The van der Waals surface area contributed by atoms with Gasteiger partial charge in [-0.2, -0.15) is 0 Å². The Hall–Kier alpha value is -0.850. The van der Waals surface area contributed by atoms with Crippen LogP contribution in [0.5, 0.6) is 0 Å². The highest BCUT2D eigenvalue weighted by Crippen LogP contribution is 2.17. The Bertz CT molecular complexity index is 199. The number of allylic oxidation sites excluding steroid dienone is 4. The highest BCUT2D eigenvalue weighted by atomic mass is 16.1. The molecule has 0 N–H and O–H groups in total. The van der Waals surface area contributed by atoms with Gasteiger partial charge >= 0.3 is 0 Å². The summed E-state index contributed by atoms with van der Waals surface area (Å²) in [6.07, 6.45) is 10.7. The van der Waals surface area contributed by atoms with Crippen LogP contribution in [-0.2, 0) is 4.79 Å². The maximum Gasteiger partial charge on any atom is 0.152 e. The minimum Gasteiger partial charge on any atom is -0.295 e. The SMILES string of the molecule is CC(=O)/C=C\C1=CCCCC1. The summed E-state index contributed by atoms with van der Waals surface area (Å²) in [6.45, 7) is 1.58. The molecule has 1 nitrogen and oxygen atoms in total. The molecule has 0 radical (unpaired) electrons. The van der Waals surface area contributed by atoms with Crippen molar-refractivity contribution < 1.29 is 4.79 Å². The Labute approximate surface area is 67.8 Å². The van der Waals surface area contributed by atoms with Crippen LogP contribution in [0, 0.1) is 0 Å². The molecule has 0 bridgehead atoms. The maximum absolute atomic E-state index is 10.6. The van der Waals surface area contributed by atoms with Gasteiger partial charge in [-0.1, -0.05) is 17.7 Å². The Kier molecular flexibility index (Phi) is 3.09. The lowest BCUT2D eigenvalue weighted by Crippen LogP contribution is -1.89. The van der Waals surface area contributed by atoms with Crippen LogP contribution in [0.2, 0.25) is 0 Å². The van der Waals surface area contributed by atoms with E-state index < -0.39 is 0 Å². The smallest absolute Gasteiger partial charge is 0.152 e. The molecule has 0 unspecified atom stereocenters. The van der Waals surface area contributed by atoms with Gasteiger partial charge in [0.2, 0.25) is 0 Å². The topological polar surface area (TPSA) is 17.1 Å². The van der Waals surface area contributed by atoms with Gasteiger partial charge in [-0.3, -0.25) is 4.79 Å². The molecule has 60 valence electrons. The summed E-state index contributed by atoms with van der Waals surface area (Å²) in [5.74, 6) is 0.136. The summed E-state index contributed by atoms with van der Waals surface area (Å²) in [4.78, 5) is 10.6. The Morgan fingerprint density at radius 2 is 2.36 bits per heavy atom. The zero-order chi connectivity index (χ0) is 8.10. The van der Waals surface area contributed by atoms with Gasteiger partial charge in [0.15, 0.2) is 5.78 Å². The first-order valence-electron chi connectivity index (χ1n) is 4.17. The van der Waals surface area contributed by atoms with E-state index in [0.29, 0.717) is 0 Å². The molecule has 1 rings (SSSR count). The Balaban J connectivity index is 2.47. The number of hydrogen-bond acceptors (Lipinski definition) is 1. The minimum atomic E-state index is 0.136. The molecular formula is C10H14O. The van der Waals surface area contributed by atoms with E-state index in [2.05, 4.69) is 6.08 Å². The standard InChI is InChI=1S/C10H14O/c1-9(11)7-8-10-5-3-2-4-6-10/h5,7-8H,2-4,6H2,1H3/b8-7-. The first kappa shape index (κ1) is 8.25. The third kappa shape index (κ3) is 3.17. The molecule has 0 amide bonds. The van der Waals surface area contributed by atoms with Crippen molar-refractivity contribution in [3.8, 4) is 0 Å². The summed E-state index contributed by atoms with van der Waals surface area (Å²) in [5, 5.41) is 0. The molecule has 0 heterocycles. The largest absolute Gasteiger partial charge is 0.295 e. The van der Waals surface area contributed by atoms with Crippen LogP contribution in [0.15, 0.2) is 23.8 Å². The van der Waals surface area contributed by atoms with Crippen LogP contribution in [0.25, 0.3) is 0 Å². The van der Waals surface area contributed by atoms with Gasteiger partial charge in [0, 0.05) is 0 Å². The fourth-order valence-corrected chi connectivity index (χ4v) is 1.24. The van der Waals surface area contributed by atoms with Crippen LogP contribution < -0.4 is 0 Å². The van der Waals surface area contributed by atoms with Gasteiger partial charge < -0.3 is 0 Å². The molecule has 0 fully saturated rings. The zero-order valence-electron chi connectivity index (χ0n) is 6.97. The molecule has 0 spiro atoms. The number of ketones is 1. The molecule has 0 aromatic heterocycles. The molecule has 0 saturated carbocycles. The van der Waals surface area contributed by atoms with Crippen molar-refractivity contribution in [2.24, 2.45) is 0 Å². The number of rotatable bonds is 2. The predicted octanol–water partition coefficient (Wildman–Crippen LogP) is 2.63. The van der Waals surface area contributed by atoms with E-state index in [9.17, 15) is 4.79 Å². The van der Waals surface area contributed by atoms with Crippen molar-refractivity contribution in [2.75, 3.05) is 0 Å². The van der Waals surface area contributed by atoms with Crippen LogP contribution >= 0.6 is 0 Å². The average Bonchev–Trinajstić information content (AvgIpc) is 2.03. The van der Waals surface area contributed by atoms with Crippen molar-refractivity contribution in [2.45, 2.75) is 32.6 Å². The monoisotopic (exact) mass is 150 g/mol. The van der Waals surface area contributed by atoms with Crippen LogP contribution in [0.1, 0.15) is 32.6 Å². The normalized spacial score (nSPS) is 18.5. The quantitative estimate of drug-likeness (QED) is 0.553. The predicted molar refractivity (Wildman–Crippen MR) is 46.4 cm³/mol. The molecule has 0 saturated heterocycles. The van der Waals surface area contributed by atoms with Crippen LogP contribution in [-0.4, -0.2) is 5.78 Å². The van der Waals surface area contributed by atoms with E-state index in [0.717, 1.165) is 6.42 Å². The van der Waals surface area contributed by atoms with Crippen molar-refractivity contribution >= 4 is 5.78 Å². The van der Waals surface area contributed by atoms with E-state index in [-0.39, 0.29) is 5.78 Å². The Morgan fingerprint density at radius 1 is 1.55 bits per heavy atom. The van der Waals surface area contributed by atoms with Gasteiger partial charge in [0.25, 0.3) is 0 Å². The average molecular weight is 150 g/mol. The second kappa shape index (κ2) is 4.12. The molecule has 1 aliphatic rings. The summed E-state index contributed by atoms with van der Waals surface area (Å²) < 4.78 is 0. The van der Waals surface area contributed by atoms with Gasteiger partial charge in [-0.15, -0.1) is 0 Å². The molecular weight excluding hydrogens is 136 g/mol. The lowest BCUT2D eigenvalue weighted by molar-refractivity contribution is -0.112. The first-order chi connectivity index (χ1) is 5.29. The lowest BCUT2D eigenvalue weighted by atomic mass is 9.99. The van der Waals surface area contributed by atoms with Gasteiger partial charge in [0.05, 0.1) is 0 Å². The van der Waals surface area contributed by atoms with E-state index in [1.807, 2.05) is 6.08 Å². The highest BCUT2D eigenvalue weighted by Gasteiger charge is 1.99. The molecule has 0 aliphatic heterocycles. The molecule has 1 aliphatic carbocycles.